The van der Waals surface area contributed by atoms with Gasteiger partial charge in [-0.15, -0.1) is 11.3 Å². The van der Waals surface area contributed by atoms with Crippen LogP contribution in [0.2, 0.25) is 0 Å². The minimum absolute atomic E-state index is 0.0235. The average molecular weight is 371 g/mol. The maximum absolute atomic E-state index is 11.8. The van der Waals surface area contributed by atoms with Crippen molar-refractivity contribution in [2.24, 2.45) is 0 Å². The molecule has 1 aliphatic carbocycles. The lowest BCUT2D eigenvalue weighted by Crippen LogP contribution is -2.20. The molecule has 1 fully saturated rings. The molecule has 23 heavy (non-hydrogen) atoms. The van der Waals surface area contributed by atoms with E-state index in [9.17, 15) is 13.5 Å². The van der Waals surface area contributed by atoms with Crippen molar-refractivity contribution in [2.75, 3.05) is 11.5 Å². The van der Waals surface area contributed by atoms with E-state index >= 15 is 0 Å². The Balaban J connectivity index is 1.79. The largest absolute Gasteiger partial charge is 0.391 e. The lowest BCUT2D eigenvalue weighted by molar-refractivity contribution is 0.207. The molecule has 2 aliphatic rings. The highest BCUT2D eigenvalue weighted by Crippen LogP contribution is 2.41. The minimum Gasteiger partial charge on any atom is -0.391 e. The number of fused-ring (bicyclic) bond motifs is 3. The van der Waals surface area contributed by atoms with Crippen molar-refractivity contribution in [1.29, 1.82) is 0 Å². The summed E-state index contributed by atoms with van der Waals surface area (Å²) in [6.45, 7) is 1.87. The van der Waals surface area contributed by atoms with Gasteiger partial charge in [0.25, 0.3) is 0 Å². The molecule has 0 saturated carbocycles. The van der Waals surface area contributed by atoms with Gasteiger partial charge in [-0.25, -0.2) is 18.4 Å². The van der Waals surface area contributed by atoms with Gasteiger partial charge in [0.15, 0.2) is 9.84 Å². The standard InChI is InChI=1S/C15H18N2O3S3/c1-8-16-14-13(9-4-2-3-5-11(9)21-14)15(17-8)22-12-7-23(19,20)6-10(12)18/h10,12,18H,2-7H2,1H3/t10-,12-/m1/s1. The number of thioether (sulfide) groups is 1. The number of hydrogen-bond acceptors (Lipinski definition) is 7. The van der Waals surface area contributed by atoms with Gasteiger partial charge in [-0.1, -0.05) is 11.8 Å². The SMILES string of the molecule is Cc1nc(S[C@@H]2CS(=O)(=O)C[C@H]2O)c2c3c(sc2n1)CCCC3. The second kappa shape index (κ2) is 5.68. The van der Waals surface area contributed by atoms with Crippen LogP contribution < -0.4 is 0 Å². The van der Waals surface area contributed by atoms with Crippen molar-refractivity contribution < 1.29 is 13.5 Å². The first kappa shape index (κ1) is 15.8. The summed E-state index contributed by atoms with van der Waals surface area (Å²) in [5.74, 6) is 0.587. The number of aliphatic hydroxyl groups excluding tert-OH is 1. The zero-order valence-corrected chi connectivity index (χ0v) is 15.2. The number of aromatic nitrogens is 2. The first-order valence-corrected chi connectivity index (χ1v) is 11.3. The first-order chi connectivity index (χ1) is 10.9. The van der Waals surface area contributed by atoms with Crippen LogP contribution >= 0.6 is 23.1 Å². The Labute approximate surface area is 143 Å². The van der Waals surface area contributed by atoms with E-state index in [0.29, 0.717) is 5.82 Å². The van der Waals surface area contributed by atoms with Gasteiger partial charge in [0, 0.05) is 10.3 Å². The third-order valence-electron chi connectivity index (χ3n) is 4.43. The number of aryl methyl sites for hydroxylation is 3. The molecule has 0 unspecified atom stereocenters. The summed E-state index contributed by atoms with van der Waals surface area (Å²) in [4.78, 5) is 11.6. The fourth-order valence-electron chi connectivity index (χ4n) is 3.36. The Hall–Kier alpha value is -0.700. The van der Waals surface area contributed by atoms with Gasteiger partial charge >= 0.3 is 0 Å². The van der Waals surface area contributed by atoms with Gasteiger partial charge < -0.3 is 5.11 Å². The zero-order chi connectivity index (χ0) is 16.2. The molecule has 5 nitrogen and oxygen atoms in total. The Morgan fingerprint density at radius 2 is 2.00 bits per heavy atom. The highest BCUT2D eigenvalue weighted by molar-refractivity contribution is 8.02. The Morgan fingerprint density at radius 1 is 1.22 bits per heavy atom. The summed E-state index contributed by atoms with van der Waals surface area (Å²) in [6, 6.07) is 0. The van der Waals surface area contributed by atoms with Crippen LogP contribution in [0, 0.1) is 6.92 Å². The fourth-order valence-corrected chi connectivity index (χ4v) is 8.43. The van der Waals surface area contributed by atoms with E-state index in [2.05, 4.69) is 9.97 Å². The number of aliphatic hydroxyl groups is 1. The number of nitrogens with zero attached hydrogens (tertiary/aromatic N) is 2. The lowest BCUT2D eigenvalue weighted by atomic mass is 9.97. The van der Waals surface area contributed by atoms with Gasteiger partial charge in [-0.3, -0.25) is 0 Å². The Morgan fingerprint density at radius 3 is 2.74 bits per heavy atom. The second-order valence-electron chi connectivity index (χ2n) is 6.27. The summed E-state index contributed by atoms with van der Waals surface area (Å²) >= 11 is 3.15. The van der Waals surface area contributed by atoms with E-state index in [1.165, 1.54) is 35.0 Å². The Kier molecular flexibility index (Phi) is 3.91. The summed E-state index contributed by atoms with van der Waals surface area (Å²) < 4.78 is 23.5. The van der Waals surface area contributed by atoms with Gasteiger partial charge in [0.05, 0.1) is 22.9 Å². The summed E-state index contributed by atoms with van der Waals surface area (Å²) in [5.41, 5.74) is 1.34. The molecule has 1 saturated heterocycles. The molecule has 0 amide bonds. The summed E-state index contributed by atoms with van der Waals surface area (Å²) in [6.07, 6.45) is 3.72. The summed E-state index contributed by atoms with van der Waals surface area (Å²) in [7, 11) is -3.14. The van der Waals surface area contributed by atoms with Crippen LogP contribution in [0.5, 0.6) is 0 Å². The maximum atomic E-state index is 11.8. The van der Waals surface area contributed by atoms with E-state index in [1.54, 1.807) is 11.3 Å². The molecule has 0 aromatic carbocycles. The Bertz CT molecular complexity index is 876. The van der Waals surface area contributed by atoms with Crippen molar-refractivity contribution in [3.63, 3.8) is 0 Å². The smallest absolute Gasteiger partial charge is 0.154 e. The van der Waals surface area contributed by atoms with E-state index in [4.69, 9.17) is 0 Å². The number of thiophene rings is 1. The molecule has 0 bridgehead atoms. The van der Waals surface area contributed by atoms with Crippen LogP contribution in [-0.4, -0.2) is 46.4 Å². The quantitative estimate of drug-likeness (QED) is 0.816. The van der Waals surface area contributed by atoms with Crippen molar-refractivity contribution in [3.8, 4) is 0 Å². The lowest BCUT2D eigenvalue weighted by Gasteiger charge is -2.15. The van der Waals surface area contributed by atoms with Crippen molar-refractivity contribution in [2.45, 2.75) is 49.0 Å². The third-order valence-corrected chi connectivity index (χ3v) is 8.84. The van der Waals surface area contributed by atoms with Gasteiger partial charge in [0.1, 0.15) is 15.7 Å². The van der Waals surface area contributed by atoms with Crippen molar-refractivity contribution in [1.82, 2.24) is 9.97 Å². The van der Waals surface area contributed by atoms with Gasteiger partial charge in [0.2, 0.25) is 0 Å². The molecule has 1 aliphatic heterocycles. The number of rotatable bonds is 2. The molecule has 2 aromatic heterocycles. The number of hydrogen-bond donors (Lipinski definition) is 1. The molecule has 3 heterocycles. The highest BCUT2D eigenvalue weighted by atomic mass is 32.2. The van der Waals surface area contributed by atoms with Crippen molar-refractivity contribution >= 4 is 43.2 Å². The van der Waals surface area contributed by atoms with Gasteiger partial charge in [-0.2, -0.15) is 0 Å². The van der Waals surface area contributed by atoms with E-state index in [0.717, 1.165) is 28.1 Å². The van der Waals surface area contributed by atoms with Crippen molar-refractivity contribution in [3.05, 3.63) is 16.3 Å². The number of sulfone groups is 1. The monoisotopic (exact) mass is 370 g/mol. The molecule has 0 radical (unpaired) electrons. The van der Waals surface area contributed by atoms with E-state index < -0.39 is 15.9 Å². The fraction of sp³-hybridized carbons (Fsp3) is 0.600. The minimum atomic E-state index is -3.14. The van der Waals surface area contributed by atoms with Crippen LogP contribution in [-0.2, 0) is 22.7 Å². The average Bonchev–Trinajstić information content (AvgIpc) is 2.95. The predicted molar refractivity (Wildman–Crippen MR) is 93.1 cm³/mol. The molecule has 124 valence electrons. The van der Waals surface area contributed by atoms with Crippen LogP contribution in [0.1, 0.15) is 29.1 Å². The van der Waals surface area contributed by atoms with Gasteiger partial charge in [-0.05, 0) is 38.2 Å². The maximum Gasteiger partial charge on any atom is 0.154 e. The highest BCUT2D eigenvalue weighted by Gasteiger charge is 2.38. The normalized spacial score (nSPS) is 26.5. The van der Waals surface area contributed by atoms with Crippen LogP contribution in [0.25, 0.3) is 10.2 Å². The third kappa shape index (κ3) is 2.90. The van der Waals surface area contributed by atoms with Crippen LogP contribution in [0.15, 0.2) is 5.03 Å². The molecule has 2 aromatic rings. The molecule has 0 spiro atoms. The predicted octanol–water partition coefficient (Wildman–Crippen LogP) is 2.13. The molecular formula is C15H18N2O3S3. The van der Waals surface area contributed by atoms with Crippen LogP contribution in [0.3, 0.4) is 0 Å². The zero-order valence-electron chi connectivity index (χ0n) is 12.8. The second-order valence-corrected chi connectivity index (χ2v) is 10.7. The van der Waals surface area contributed by atoms with Crippen LogP contribution in [0.4, 0.5) is 0 Å². The van der Waals surface area contributed by atoms with E-state index in [1.807, 2.05) is 6.92 Å². The molecule has 8 heteroatoms. The molecule has 4 rings (SSSR count). The topological polar surface area (TPSA) is 80.2 Å². The first-order valence-electron chi connectivity index (χ1n) is 7.77. The van der Waals surface area contributed by atoms with E-state index in [-0.39, 0.29) is 16.8 Å². The molecular weight excluding hydrogens is 352 g/mol. The molecule has 2 atom stereocenters. The summed E-state index contributed by atoms with van der Waals surface area (Å²) in [5, 5.41) is 11.7. The molecule has 1 N–H and O–H groups in total.